The van der Waals surface area contributed by atoms with E-state index in [1.165, 1.54) is 12.1 Å². The third-order valence-electron chi connectivity index (χ3n) is 1.67. The molecule has 0 saturated carbocycles. The smallest absolute Gasteiger partial charge is 0.292 e. The van der Waals surface area contributed by atoms with E-state index in [2.05, 4.69) is 0 Å². The second kappa shape index (κ2) is 4.09. The molecule has 0 aliphatic heterocycles. The molecule has 0 amide bonds. The van der Waals surface area contributed by atoms with Crippen molar-refractivity contribution in [3.8, 4) is 0 Å². The standard InChI is InChI=1S/C8H9ClN2O2/c9-4-3-6-1-2-7(10)8(5-6)11(12)13/h1-2,5H,3-4,10H2. The number of hydrogen-bond acceptors (Lipinski definition) is 3. The Balaban J connectivity index is 3.04. The first-order valence-corrected chi connectivity index (χ1v) is 4.27. The summed E-state index contributed by atoms with van der Waals surface area (Å²) >= 11 is 5.51. The minimum Gasteiger partial charge on any atom is -0.393 e. The van der Waals surface area contributed by atoms with Crippen LogP contribution in [0.15, 0.2) is 18.2 Å². The lowest BCUT2D eigenvalue weighted by Crippen LogP contribution is -1.97. The van der Waals surface area contributed by atoms with Gasteiger partial charge in [-0.25, -0.2) is 0 Å². The first kappa shape index (κ1) is 9.80. The fourth-order valence-corrected chi connectivity index (χ4v) is 1.23. The quantitative estimate of drug-likeness (QED) is 0.351. The van der Waals surface area contributed by atoms with Crippen molar-refractivity contribution in [2.75, 3.05) is 11.6 Å². The second-order valence-electron chi connectivity index (χ2n) is 2.59. The first-order chi connectivity index (χ1) is 6.15. The normalized spacial score (nSPS) is 9.92. The van der Waals surface area contributed by atoms with E-state index in [1.807, 2.05) is 0 Å². The van der Waals surface area contributed by atoms with Gasteiger partial charge < -0.3 is 5.73 Å². The van der Waals surface area contributed by atoms with E-state index in [1.54, 1.807) is 6.07 Å². The maximum Gasteiger partial charge on any atom is 0.292 e. The Labute approximate surface area is 80.5 Å². The predicted octanol–water partition coefficient (Wildman–Crippen LogP) is 1.96. The number of aryl methyl sites for hydroxylation is 1. The van der Waals surface area contributed by atoms with Gasteiger partial charge in [0, 0.05) is 11.9 Å². The van der Waals surface area contributed by atoms with Gasteiger partial charge in [-0.1, -0.05) is 6.07 Å². The summed E-state index contributed by atoms with van der Waals surface area (Å²) in [5, 5.41) is 10.5. The van der Waals surface area contributed by atoms with Crippen LogP contribution in [0.1, 0.15) is 5.56 Å². The second-order valence-corrected chi connectivity index (χ2v) is 2.97. The van der Waals surface area contributed by atoms with Crippen molar-refractivity contribution >= 4 is 23.0 Å². The Morgan fingerprint density at radius 1 is 1.54 bits per heavy atom. The summed E-state index contributed by atoms with van der Waals surface area (Å²) in [4.78, 5) is 9.98. The molecule has 0 heterocycles. The van der Waals surface area contributed by atoms with Crippen LogP contribution in [0.3, 0.4) is 0 Å². The van der Waals surface area contributed by atoms with Crippen molar-refractivity contribution in [2.24, 2.45) is 0 Å². The molecule has 0 radical (unpaired) electrons. The molecule has 0 fully saturated rings. The molecule has 4 nitrogen and oxygen atoms in total. The Kier molecular flexibility index (Phi) is 3.08. The molecule has 70 valence electrons. The Hall–Kier alpha value is -1.29. The molecule has 0 unspecified atom stereocenters. The number of halogens is 1. The average molecular weight is 201 g/mol. The van der Waals surface area contributed by atoms with Crippen LogP contribution in [0, 0.1) is 10.1 Å². The van der Waals surface area contributed by atoms with Gasteiger partial charge in [-0.15, -0.1) is 11.6 Å². The van der Waals surface area contributed by atoms with Crippen molar-refractivity contribution in [1.29, 1.82) is 0 Å². The van der Waals surface area contributed by atoms with Crippen LogP contribution in [-0.4, -0.2) is 10.8 Å². The molecule has 0 aromatic heterocycles. The van der Waals surface area contributed by atoms with Gasteiger partial charge in [0.1, 0.15) is 5.69 Å². The van der Waals surface area contributed by atoms with Crippen LogP contribution in [0.25, 0.3) is 0 Å². The molecule has 1 aromatic carbocycles. The highest BCUT2D eigenvalue weighted by Gasteiger charge is 2.10. The number of rotatable bonds is 3. The Bertz CT molecular complexity index is 328. The van der Waals surface area contributed by atoms with Gasteiger partial charge in [-0.05, 0) is 18.1 Å². The molecular formula is C8H9ClN2O2. The summed E-state index contributed by atoms with van der Waals surface area (Å²) in [6.07, 6.45) is 0.614. The zero-order valence-electron chi connectivity index (χ0n) is 6.87. The molecule has 13 heavy (non-hydrogen) atoms. The third kappa shape index (κ3) is 2.32. The molecule has 0 saturated heterocycles. The fourth-order valence-electron chi connectivity index (χ4n) is 1.01. The molecule has 1 aromatic rings. The van der Waals surface area contributed by atoms with Crippen molar-refractivity contribution in [3.63, 3.8) is 0 Å². The van der Waals surface area contributed by atoms with Crippen molar-refractivity contribution in [3.05, 3.63) is 33.9 Å². The lowest BCUT2D eigenvalue weighted by Gasteiger charge is -2.00. The Morgan fingerprint density at radius 3 is 2.77 bits per heavy atom. The molecule has 1 rings (SSSR count). The van der Waals surface area contributed by atoms with E-state index in [0.29, 0.717) is 12.3 Å². The van der Waals surface area contributed by atoms with Crippen LogP contribution >= 0.6 is 11.6 Å². The molecule has 0 atom stereocenters. The van der Waals surface area contributed by atoms with Crippen LogP contribution in [0.4, 0.5) is 11.4 Å². The summed E-state index contributed by atoms with van der Waals surface area (Å²) in [6.45, 7) is 0. The van der Waals surface area contributed by atoms with Crippen molar-refractivity contribution < 1.29 is 4.92 Å². The molecule has 0 aliphatic carbocycles. The number of alkyl halides is 1. The molecule has 5 heteroatoms. The van der Waals surface area contributed by atoms with Crippen molar-refractivity contribution in [2.45, 2.75) is 6.42 Å². The van der Waals surface area contributed by atoms with Crippen LogP contribution in [0.5, 0.6) is 0 Å². The number of hydrogen-bond donors (Lipinski definition) is 1. The number of nitrogen functional groups attached to an aromatic ring is 1. The molecule has 0 aliphatic rings. The van der Waals surface area contributed by atoms with Crippen LogP contribution in [0.2, 0.25) is 0 Å². The van der Waals surface area contributed by atoms with E-state index in [-0.39, 0.29) is 11.4 Å². The third-order valence-corrected chi connectivity index (χ3v) is 1.86. The molecule has 0 spiro atoms. The van der Waals surface area contributed by atoms with Crippen LogP contribution in [-0.2, 0) is 6.42 Å². The van der Waals surface area contributed by atoms with Gasteiger partial charge in [0.25, 0.3) is 5.69 Å². The number of nitrogens with two attached hydrogens (primary N) is 1. The fraction of sp³-hybridized carbons (Fsp3) is 0.250. The zero-order valence-corrected chi connectivity index (χ0v) is 7.62. The number of nitro groups is 1. The van der Waals surface area contributed by atoms with E-state index >= 15 is 0 Å². The largest absolute Gasteiger partial charge is 0.393 e. The van der Waals surface area contributed by atoms with Gasteiger partial charge in [-0.3, -0.25) is 10.1 Å². The minimum absolute atomic E-state index is 0.0531. The Morgan fingerprint density at radius 2 is 2.23 bits per heavy atom. The van der Waals surface area contributed by atoms with Gasteiger partial charge in [0.2, 0.25) is 0 Å². The number of nitrogens with zero attached hydrogens (tertiary/aromatic N) is 1. The zero-order chi connectivity index (χ0) is 9.84. The molecule has 0 bridgehead atoms. The first-order valence-electron chi connectivity index (χ1n) is 3.74. The summed E-state index contributed by atoms with van der Waals surface area (Å²) in [5.41, 5.74) is 6.37. The van der Waals surface area contributed by atoms with E-state index < -0.39 is 4.92 Å². The van der Waals surface area contributed by atoms with Crippen molar-refractivity contribution in [1.82, 2.24) is 0 Å². The summed E-state index contributed by atoms with van der Waals surface area (Å²) in [7, 11) is 0. The number of anilines is 1. The number of nitro benzene ring substituents is 1. The lowest BCUT2D eigenvalue weighted by atomic mass is 10.1. The maximum absolute atomic E-state index is 10.5. The van der Waals surface area contributed by atoms with E-state index in [9.17, 15) is 10.1 Å². The maximum atomic E-state index is 10.5. The highest BCUT2D eigenvalue weighted by atomic mass is 35.5. The van der Waals surface area contributed by atoms with Crippen LogP contribution < -0.4 is 5.73 Å². The van der Waals surface area contributed by atoms with E-state index in [0.717, 1.165) is 5.56 Å². The highest BCUT2D eigenvalue weighted by Crippen LogP contribution is 2.22. The van der Waals surface area contributed by atoms with E-state index in [4.69, 9.17) is 17.3 Å². The minimum atomic E-state index is -0.493. The van der Waals surface area contributed by atoms with Gasteiger partial charge >= 0.3 is 0 Å². The molecular weight excluding hydrogens is 192 g/mol. The number of benzene rings is 1. The monoisotopic (exact) mass is 200 g/mol. The predicted molar refractivity (Wildman–Crippen MR) is 51.9 cm³/mol. The average Bonchev–Trinajstić information content (AvgIpc) is 2.08. The van der Waals surface area contributed by atoms with Gasteiger partial charge in [-0.2, -0.15) is 0 Å². The lowest BCUT2D eigenvalue weighted by molar-refractivity contribution is -0.383. The topological polar surface area (TPSA) is 69.2 Å². The summed E-state index contributed by atoms with van der Waals surface area (Å²) in [5.74, 6) is 0.446. The SMILES string of the molecule is Nc1ccc(CCCl)cc1[N+](=O)[O-]. The van der Waals surface area contributed by atoms with Gasteiger partial charge in [0.05, 0.1) is 4.92 Å². The summed E-state index contributed by atoms with van der Waals surface area (Å²) < 4.78 is 0. The summed E-state index contributed by atoms with van der Waals surface area (Å²) in [6, 6.07) is 4.72. The highest BCUT2D eigenvalue weighted by molar-refractivity contribution is 6.18. The van der Waals surface area contributed by atoms with Gasteiger partial charge in [0.15, 0.2) is 0 Å². The molecule has 2 N–H and O–H groups in total.